The van der Waals surface area contributed by atoms with E-state index in [0.717, 1.165) is 0 Å². The van der Waals surface area contributed by atoms with E-state index in [1.165, 1.54) is 6.92 Å². The molecule has 1 heterocycles. The Bertz CT molecular complexity index is 135. The third-order valence-corrected chi connectivity index (χ3v) is 0.939. The van der Waals surface area contributed by atoms with Gasteiger partial charge in [-0.15, -0.1) is 0 Å². The van der Waals surface area contributed by atoms with Gasteiger partial charge in [-0.25, -0.2) is 9.59 Å². The van der Waals surface area contributed by atoms with Gasteiger partial charge in [0.1, 0.15) is 0 Å². The molecule has 1 aliphatic heterocycles. The highest BCUT2D eigenvalue weighted by Crippen LogP contribution is 2.07. The van der Waals surface area contributed by atoms with Crippen LogP contribution in [0.5, 0.6) is 0 Å². The molecule has 1 aliphatic rings. The minimum Gasteiger partial charge on any atom is -0.259 e. The molecular formula is C4H4O5. The van der Waals surface area contributed by atoms with Gasteiger partial charge in [0.25, 0.3) is 0 Å². The van der Waals surface area contributed by atoms with Crippen LogP contribution in [0, 0.1) is 5.92 Å². The van der Waals surface area contributed by atoms with Gasteiger partial charge in [-0.2, -0.15) is 0 Å². The second-order valence-corrected chi connectivity index (χ2v) is 1.59. The first-order valence-electron chi connectivity index (χ1n) is 2.30. The first kappa shape index (κ1) is 6.03. The largest absolute Gasteiger partial charge is 0.360 e. The molecule has 9 heavy (non-hydrogen) atoms. The number of carbonyl (C=O) groups is 2. The molecular weight excluding hydrogens is 128 g/mol. The van der Waals surface area contributed by atoms with Crippen molar-refractivity contribution >= 4 is 11.9 Å². The van der Waals surface area contributed by atoms with Crippen LogP contribution in [0.15, 0.2) is 0 Å². The lowest BCUT2D eigenvalue weighted by Gasteiger charge is -2.11. The average Bonchev–Trinajstić information content (AvgIpc) is 1.83. The van der Waals surface area contributed by atoms with E-state index in [4.69, 9.17) is 0 Å². The Hall–Kier alpha value is -1.10. The molecule has 50 valence electrons. The van der Waals surface area contributed by atoms with E-state index in [9.17, 15) is 9.59 Å². The summed E-state index contributed by atoms with van der Waals surface area (Å²) in [6, 6.07) is 0. The summed E-state index contributed by atoms with van der Waals surface area (Å²) in [6.45, 7) is 1.37. The van der Waals surface area contributed by atoms with Crippen molar-refractivity contribution in [2.75, 3.05) is 0 Å². The summed E-state index contributed by atoms with van der Waals surface area (Å²) in [4.78, 5) is 28.5. The van der Waals surface area contributed by atoms with Crippen molar-refractivity contribution in [2.24, 2.45) is 5.92 Å². The Morgan fingerprint density at radius 3 is 2.00 bits per heavy atom. The van der Waals surface area contributed by atoms with Crippen LogP contribution in [-0.4, -0.2) is 11.9 Å². The van der Waals surface area contributed by atoms with Crippen LogP contribution in [0.1, 0.15) is 6.92 Å². The Morgan fingerprint density at radius 2 is 1.67 bits per heavy atom. The normalized spacial score (nSPS) is 21.0. The van der Waals surface area contributed by atoms with Crippen LogP contribution in [0.3, 0.4) is 0 Å². The Labute approximate surface area is 50.4 Å². The first-order chi connectivity index (χ1) is 4.22. The zero-order chi connectivity index (χ0) is 6.85. The van der Waals surface area contributed by atoms with E-state index in [1.807, 2.05) is 0 Å². The van der Waals surface area contributed by atoms with Crippen molar-refractivity contribution in [3.8, 4) is 0 Å². The van der Waals surface area contributed by atoms with Gasteiger partial charge in [-0.05, 0) is 6.92 Å². The second-order valence-electron chi connectivity index (χ2n) is 1.59. The Morgan fingerprint density at radius 1 is 1.22 bits per heavy atom. The molecule has 0 amide bonds. The van der Waals surface area contributed by atoms with Gasteiger partial charge < -0.3 is 0 Å². The molecule has 1 saturated heterocycles. The highest BCUT2D eigenvalue weighted by atomic mass is 17.5. The summed E-state index contributed by atoms with van der Waals surface area (Å²) in [5.41, 5.74) is 0. The third-order valence-electron chi connectivity index (χ3n) is 0.939. The van der Waals surface area contributed by atoms with Crippen LogP contribution in [0.4, 0.5) is 0 Å². The van der Waals surface area contributed by atoms with E-state index >= 15 is 0 Å². The van der Waals surface area contributed by atoms with E-state index in [0.29, 0.717) is 0 Å². The van der Waals surface area contributed by atoms with Gasteiger partial charge in [0.15, 0.2) is 5.92 Å². The molecule has 0 unspecified atom stereocenters. The minimum atomic E-state index is -0.876. The van der Waals surface area contributed by atoms with E-state index in [-0.39, 0.29) is 0 Å². The minimum absolute atomic E-state index is 0.730. The van der Waals surface area contributed by atoms with Crippen molar-refractivity contribution in [1.82, 2.24) is 0 Å². The van der Waals surface area contributed by atoms with Crippen LogP contribution in [-0.2, 0) is 24.4 Å². The summed E-state index contributed by atoms with van der Waals surface area (Å²) in [7, 11) is 0. The van der Waals surface area contributed by atoms with Crippen LogP contribution in [0.2, 0.25) is 0 Å². The van der Waals surface area contributed by atoms with Crippen LogP contribution < -0.4 is 0 Å². The standard InChI is InChI=1S/C4H4O5/c1-2-3(5)7-9-8-4(2)6/h2H,1H3. The summed E-state index contributed by atoms with van der Waals surface area (Å²) >= 11 is 0. The molecule has 0 aromatic carbocycles. The quantitative estimate of drug-likeness (QED) is 0.330. The van der Waals surface area contributed by atoms with Gasteiger partial charge in [0, 0.05) is 5.04 Å². The van der Waals surface area contributed by atoms with Crippen molar-refractivity contribution in [2.45, 2.75) is 6.92 Å². The molecule has 0 atom stereocenters. The Kier molecular flexibility index (Phi) is 1.35. The van der Waals surface area contributed by atoms with Gasteiger partial charge in [0.05, 0.1) is 0 Å². The zero-order valence-corrected chi connectivity index (χ0v) is 4.62. The van der Waals surface area contributed by atoms with Crippen LogP contribution in [0.25, 0.3) is 0 Å². The summed E-state index contributed by atoms with van der Waals surface area (Å²) in [6.07, 6.45) is 0. The van der Waals surface area contributed by atoms with Crippen molar-refractivity contribution in [1.29, 1.82) is 0 Å². The van der Waals surface area contributed by atoms with E-state index < -0.39 is 17.9 Å². The van der Waals surface area contributed by atoms with Crippen molar-refractivity contribution < 1.29 is 24.4 Å². The topological polar surface area (TPSA) is 61.8 Å². The van der Waals surface area contributed by atoms with Crippen molar-refractivity contribution in [3.05, 3.63) is 0 Å². The monoisotopic (exact) mass is 132 g/mol. The van der Waals surface area contributed by atoms with Gasteiger partial charge in [-0.1, -0.05) is 0 Å². The molecule has 0 bridgehead atoms. The molecule has 1 rings (SSSR count). The fourth-order valence-electron chi connectivity index (χ4n) is 0.325. The number of hydrogen-bond acceptors (Lipinski definition) is 5. The fraction of sp³-hybridized carbons (Fsp3) is 0.500. The molecule has 0 aromatic heterocycles. The smallest absolute Gasteiger partial charge is 0.259 e. The summed E-state index contributed by atoms with van der Waals surface area (Å²) in [5, 5.41) is 3.67. The predicted octanol–water partition coefficient (Wildman–Crippen LogP) is -0.431. The molecule has 1 fully saturated rings. The Balaban J connectivity index is 2.62. The number of hydrogen-bond donors (Lipinski definition) is 0. The summed E-state index contributed by atoms with van der Waals surface area (Å²) in [5.74, 6) is -2.34. The molecule has 0 aromatic rings. The molecule has 0 spiro atoms. The average molecular weight is 132 g/mol. The SMILES string of the molecule is CC1C(=O)OOOC1=O. The maximum absolute atomic E-state index is 10.4. The van der Waals surface area contributed by atoms with Crippen molar-refractivity contribution in [3.63, 3.8) is 0 Å². The van der Waals surface area contributed by atoms with Gasteiger partial charge in [0.2, 0.25) is 0 Å². The number of rotatable bonds is 0. The van der Waals surface area contributed by atoms with E-state index in [1.54, 1.807) is 0 Å². The maximum Gasteiger partial charge on any atom is 0.360 e. The highest BCUT2D eigenvalue weighted by molar-refractivity contribution is 5.94. The lowest BCUT2D eigenvalue weighted by atomic mass is 10.2. The first-order valence-corrected chi connectivity index (χ1v) is 2.30. The lowest BCUT2D eigenvalue weighted by molar-refractivity contribution is -0.472. The third kappa shape index (κ3) is 0.996. The molecule has 5 heteroatoms. The molecule has 0 aliphatic carbocycles. The number of carbonyl (C=O) groups excluding carboxylic acids is 2. The maximum atomic E-state index is 10.4. The van der Waals surface area contributed by atoms with Gasteiger partial charge in [-0.3, -0.25) is 9.78 Å². The van der Waals surface area contributed by atoms with Gasteiger partial charge >= 0.3 is 11.9 Å². The fourth-order valence-corrected chi connectivity index (χ4v) is 0.325. The lowest BCUT2D eigenvalue weighted by Crippen LogP contribution is -2.31. The molecule has 0 saturated carbocycles. The summed E-state index contributed by atoms with van der Waals surface area (Å²) < 4.78 is 0. The molecule has 0 radical (unpaired) electrons. The zero-order valence-electron chi connectivity index (χ0n) is 4.62. The van der Waals surface area contributed by atoms with Crippen LogP contribution >= 0.6 is 0 Å². The predicted molar refractivity (Wildman–Crippen MR) is 22.4 cm³/mol. The molecule has 0 N–H and O–H groups in total. The highest BCUT2D eigenvalue weighted by Gasteiger charge is 2.31. The van der Waals surface area contributed by atoms with E-state index in [2.05, 4.69) is 14.8 Å². The second kappa shape index (κ2) is 2.02. The molecule has 5 nitrogen and oxygen atoms in total.